The van der Waals surface area contributed by atoms with Crippen LogP contribution in [0.1, 0.15) is 16.8 Å². The van der Waals surface area contributed by atoms with Gasteiger partial charge in [-0.05, 0) is 31.7 Å². The molecule has 1 aliphatic heterocycles. The summed E-state index contributed by atoms with van der Waals surface area (Å²) in [5.41, 5.74) is -1.97. The number of carboxylic acid groups (broad SMARTS) is 1. The quantitative estimate of drug-likeness (QED) is 0.676. The Balaban J connectivity index is 2.01. The Hall–Kier alpha value is -3.40. The molecule has 2 N–H and O–H groups in total. The van der Waals surface area contributed by atoms with E-state index >= 15 is 0 Å². The van der Waals surface area contributed by atoms with Crippen LogP contribution in [0, 0.1) is 17.5 Å². The zero-order chi connectivity index (χ0) is 21.6. The molecular formula is C20H17F3N4O3. The molecule has 1 aromatic carbocycles. The van der Waals surface area contributed by atoms with Crippen LogP contribution in [0.4, 0.5) is 19.0 Å². The van der Waals surface area contributed by atoms with Gasteiger partial charge in [0.1, 0.15) is 17.2 Å². The maximum Gasteiger partial charge on any atom is 0.341 e. The van der Waals surface area contributed by atoms with Crippen LogP contribution in [0.25, 0.3) is 16.7 Å². The Labute approximate surface area is 168 Å². The average molecular weight is 418 g/mol. The van der Waals surface area contributed by atoms with Crippen LogP contribution in [-0.4, -0.2) is 46.8 Å². The number of halogens is 3. The molecule has 3 heterocycles. The van der Waals surface area contributed by atoms with E-state index in [4.69, 9.17) is 0 Å². The van der Waals surface area contributed by atoms with Gasteiger partial charge in [-0.2, -0.15) is 0 Å². The van der Waals surface area contributed by atoms with Crippen molar-refractivity contribution in [3.05, 3.63) is 63.7 Å². The second-order valence-electron chi connectivity index (χ2n) is 7.03. The van der Waals surface area contributed by atoms with Gasteiger partial charge in [0.25, 0.3) is 0 Å². The van der Waals surface area contributed by atoms with E-state index in [1.54, 1.807) is 11.9 Å². The smallest absolute Gasteiger partial charge is 0.341 e. The van der Waals surface area contributed by atoms with E-state index in [2.05, 4.69) is 10.3 Å². The van der Waals surface area contributed by atoms with E-state index < -0.39 is 34.4 Å². The number of aromatic nitrogens is 2. The van der Waals surface area contributed by atoms with Crippen molar-refractivity contribution in [1.82, 2.24) is 14.9 Å². The third-order valence-electron chi connectivity index (χ3n) is 5.21. The number of carbonyl (C=O) groups is 1. The van der Waals surface area contributed by atoms with Gasteiger partial charge in [0, 0.05) is 31.4 Å². The Morgan fingerprint density at radius 3 is 2.63 bits per heavy atom. The van der Waals surface area contributed by atoms with Crippen LogP contribution in [0.15, 0.2) is 35.3 Å². The molecule has 2 aromatic heterocycles. The highest BCUT2D eigenvalue weighted by atomic mass is 19.1. The molecule has 0 saturated carbocycles. The summed E-state index contributed by atoms with van der Waals surface area (Å²) in [5.74, 6) is -4.18. The van der Waals surface area contributed by atoms with Crippen molar-refractivity contribution >= 4 is 22.8 Å². The molecule has 4 rings (SSSR count). The number of rotatable bonds is 4. The van der Waals surface area contributed by atoms with Crippen LogP contribution >= 0.6 is 0 Å². The van der Waals surface area contributed by atoms with Gasteiger partial charge < -0.3 is 15.3 Å². The number of hydrogen-bond acceptors (Lipinski definition) is 5. The highest BCUT2D eigenvalue weighted by molar-refractivity contribution is 5.92. The molecule has 10 heteroatoms. The second kappa shape index (κ2) is 7.45. The lowest BCUT2D eigenvalue weighted by Gasteiger charge is -2.20. The number of nitrogens with zero attached hydrogens (tertiary/aromatic N) is 3. The van der Waals surface area contributed by atoms with Gasteiger partial charge in [0.2, 0.25) is 5.43 Å². The molecule has 0 bridgehead atoms. The number of benzene rings is 1. The van der Waals surface area contributed by atoms with Crippen LogP contribution in [0.2, 0.25) is 0 Å². The molecule has 0 radical (unpaired) electrons. The van der Waals surface area contributed by atoms with E-state index in [9.17, 15) is 27.9 Å². The largest absolute Gasteiger partial charge is 0.477 e. The van der Waals surface area contributed by atoms with E-state index in [0.29, 0.717) is 19.2 Å². The molecule has 0 amide bonds. The Morgan fingerprint density at radius 2 is 2.00 bits per heavy atom. The van der Waals surface area contributed by atoms with Gasteiger partial charge in [0.05, 0.1) is 11.1 Å². The van der Waals surface area contributed by atoms with E-state index in [1.165, 1.54) is 0 Å². The van der Waals surface area contributed by atoms with Crippen molar-refractivity contribution in [1.29, 1.82) is 0 Å². The number of nitrogens with one attached hydrogen (secondary N) is 1. The first-order valence-corrected chi connectivity index (χ1v) is 9.17. The van der Waals surface area contributed by atoms with Gasteiger partial charge in [-0.25, -0.2) is 22.9 Å². The first kappa shape index (κ1) is 19.9. The number of anilines is 1. The van der Waals surface area contributed by atoms with Crippen LogP contribution < -0.4 is 15.6 Å². The topological polar surface area (TPSA) is 87.5 Å². The molecule has 3 aromatic rings. The van der Waals surface area contributed by atoms with Crippen molar-refractivity contribution in [3.63, 3.8) is 0 Å². The van der Waals surface area contributed by atoms with Gasteiger partial charge >= 0.3 is 5.97 Å². The van der Waals surface area contributed by atoms with Crippen LogP contribution in [0.5, 0.6) is 0 Å². The van der Waals surface area contributed by atoms with Crippen LogP contribution in [-0.2, 0) is 0 Å². The number of likely N-dealkylation sites (N-methyl/N-ethyl adjacent to an activating group) is 1. The number of pyridine rings is 2. The minimum atomic E-state index is -1.56. The lowest BCUT2D eigenvalue weighted by atomic mass is 10.1. The molecule has 1 unspecified atom stereocenters. The first-order valence-electron chi connectivity index (χ1n) is 9.17. The molecule has 1 fully saturated rings. The van der Waals surface area contributed by atoms with Crippen molar-refractivity contribution in [3.8, 4) is 5.69 Å². The molecule has 1 aliphatic rings. The summed E-state index contributed by atoms with van der Waals surface area (Å²) in [5, 5.41) is 12.2. The fourth-order valence-electron chi connectivity index (χ4n) is 3.64. The summed E-state index contributed by atoms with van der Waals surface area (Å²) in [6.45, 7) is 0.998. The standard InChI is InChI=1S/C20H17F3N4O3/c1-24-11-4-5-26(8-11)19-15(23)7-12-17(28)13(20(29)30)9-27(18(12)25-19)16-3-2-10(21)6-14(16)22/h2-3,6-7,9,11,24H,4-5,8H2,1H3,(H,29,30). The van der Waals surface area contributed by atoms with Crippen molar-refractivity contribution in [2.45, 2.75) is 12.5 Å². The normalized spacial score (nSPS) is 16.4. The minimum absolute atomic E-state index is 0.0287. The molecule has 1 saturated heterocycles. The lowest BCUT2D eigenvalue weighted by molar-refractivity contribution is 0.0695. The SMILES string of the molecule is CNC1CCN(c2nc3c(cc2F)c(=O)c(C(=O)O)cn3-c2ccc(F)cc2F)C1. The molecular weight excluding hydrogens is 401 g/mol. The summed E-state index contributed by atoms with van der Waals surface area (Å²) in [6.07, 6.45) is 1.67. The first-order chi connectivity index (χ1) is 14.3. The highest BCUT2D eigenvalue weighted by Crippen LogP contribution is 2.27. The average Bonchev–Trinajstić information content (AvgIpc) is 3.17. The van der Waals surface area contributed by atoms with E-state index in [-0.39, 0.29) is 28.6 Å². The van der Waals surface area contributed by atoms with E-state index in [0.717, 1.165) is 35.4 Å². The number of hydrogen-bond donors (Lipinski definition) is 2. The molecule has 7 nitrogen and oxygen atoms in total. The lowest BCUT2D eigenvalue weighted by Crippen LogP contribution is -2.30. The van der Waals surface area contributed by atoms with E-state index in [1.807, 2.05) is 0 Å². The van der Waals surface area contributed by atoms with Crippen molar-refractivity contribution in [2.75, 3.05) is 25.0 Å². The van der Waals surface area contributed by atoms with Crippen molar-refractivity contribution in [2.24, 2.45) is 0 Å². The number of carboxylic acids is 1. The van der Waals surface area contributed by atoms with Crippen molar-refractivity contribution < 1.29 is 23.1 Å². The van der Waals surface area contributed by atoms with Gasteiger partial charge in [-0.1, -0.05) is 0 Å². The van der Waals surface area contributed by atoms with Gasteiger partial charge in [0.15, 0.2) is 17.3 Å². The molecule has 30 heavy (non-hydrogen) atoms. The number of fused-ring (bicyclic) bond motifs is 1. The monoisotopic (exact) mass is 418 g/mol. The van der Waals surface area contributed by atoms with Gasteiger partial charge in [-0.15, -0.1) is 0 Å². The summed E-state index contributed by atoms with van der Waals surface area (Å²) < 4.78 is 43.7. The Kier molecular flexibility index (Phi) is 4.94. The Bertz CT molecular complexity index is 1230. The predicted octanol–water partition coefficient (Wildman–Crippen LogP) is 2.30. The summed E-state index contributed by atoms with van der Waals surface area (Å²) in [6, 6.07) is 3.76. The molecule has 1 atom stereocenters. The van der Waals surface area contributed by atoms with Gasteiger partial charge in [-0.3, -0.25) is 9.36 Å². The maximum atomic E-state index is 14.8. The summed E-state index contributed by atoms with van der Waals surface area (Å²) in [7, 11) is 1.79. The molecule has 0 spiro atoms. The maximum absolute atomic E-state index is 14.8. The van der Waals surface area contributed by atoms with Crippen LogP contribution in [0.3, 0.4) is 0 Å². The molecule has 0 aliphatic carbocycles. The molecule has 156 valence electrons. The third kappa shape index (κ3) is 3.28. The predicted molar refractivity (Wildman–Crippen MR) is 104 cm³/mol. The summed E-state index contributed by atoms with van der Waals surface area (Å²) in [4.78, 5) is 30.1. The Morgan fingerprint density at radius 1 is 1.23 bits per heavy atom. The fourth-order valence-corrected chi connectivity index (χ4v) is 3.64. The summed E-state index contributed by atoms with van der Waals surface area (Å²) >= 11 is 0. The minimum Gasteiger partial charge on any atom is -0.477 e. The third-order valence-corrected chi connectivity index (χ3v) is 5.21. The second-order valence-corrected chi connectivity index (χ2v) is 7.03. The zero-order valence-electron chi connectivity index (χ0n) is 15.8. The fraction of sp³-hybridized carbons (Fsp3) is 0.250. The highest BCUT2D eigenvalue weighted by Gasteiger charge is 2.27. The zero-order valence-corrected chi connectivity index (χ0v) is 15.8. The number of aromatic carboxylic acids is 1.